The van der Waals surface area contributed by atoms with Crippen molar-refractivity contribution in [1.82, 2.24) is 19.9 Å². The molecule has 4 rings (SSSR count). The van der Waals surface area contributed by atoms with E-state index in [4.69, 9.17) is 9.47 Å². The number of nitrogens with zero attached hydrogens (tertiary/aromatic N) is 3. The second-order valence-corrected chi connectivity index (χ2v) is 9.74. The molecule has 1 aromatic carbocycles. The Morgan fingerprint density at radius 1 is 1.36 bits per heavy atom. The zero-order chi connectivity index (χ0) is 26.3. The van der Waals surface area contributed by atoms with Crippen molar-refractivity contribution in [2.24, 2.45) is 0 Å². The van der Waals surface area contributed by atoms with Gasteiger partial charge in [0.05, 0.1) is 18.8 Å². The first kappa shape index (κ1) is 25.1. The van der Waals surface area contributed by atoms with Gasteiger partial charge in [-0.25, -0.2) is 27.9 Å². The number of rotatable bonds is 7. The molecule has 0 saturated heterocycles. The highest BCUT2D eigenvalue weighted by atomic mass is 19.1. The van der Waals surface area contributed by atoms with Crippen LogP contribution in [0.4, 0.5) is 19.4 Å². The Labute approximate surface area is 205 Å². The van der Waals surface area contributed by atoms with Crippen LogP contribution >= 0.6 is 0 Å². The van der Waals surface area contributed by atoms with Crippen LogP contribution in [0.2, 0.25) is 0 Å². The summed E-state index contributed by atoms with van der Waals surface area (Å²) in [5.41, 5.74) is -1.16. The summed E-state index contributed by atoms with van der Waals surface area (Å²) in [6.45, 7) is 5.79. The quantitative estimate of drug-likeness (QED) is 0.443. The van der Waals surface area contributed by atoms with Gasteiger partial charge in [-0.05, 0) is 45.9 Å². The van der Waals surface area contributed by atoms with E-state index in [1.54, 1.807) is 40.0 Å². The van der Waals surface area contributed by atoms with Crippen molar-refractivity contribution in [1.29, 1.82) is 0 Å². The Kier molecular flexibility index (Phi) is 6.46. The van der Waals surface area contributed by atoms with E-state index >= 15 is 0 Å². The van der Waals surface area contributed by atoms with Crippen molar-refractivity contribution in [2.75, 3.05) is 18.5 Å². The SMILES string of the molecule is C[C@@H](Nc1ccn2ncc(C(=O)O)c2n1)c1cc(F)cc2c1OC(CF)(CNC(=O)OC(C)(C)C)C2. The summed E-state index contributed by atoms with van der Waals surface area (Å²) in [4.78, 5) is 27.8. The minimum atomic E-state index is -1.41. The molecule has 1 aliphatic heterocycles. The molecule has 0 radical (unpaired) electrons. The van der Waals surface area contributed by atoms with Crippen molar-refractivity contribution in [3.8, 4) is 5.75 Å². The molecule has 3 N–H and O–H groups in total. The summed E-state index contributed by atoms with van der Waals surface area (Å²) in [5.74, 6) is -1.04. The molecule has 2 atom stereocenters. The predicted molar refractivity (Wildman–Crippen MR) is 126 cm³/mol. The van der Waals surface area contributed by atoms with E-state index in [0.717, 1.165) is 0 Å². The van der Waals surface area contributed by atoms with E-state index in [1.165, 1.54) is 22.8 Å². The number of halogens is 2. The number of carbonyl (C=O) groups is 2. The Morgan fingerprint density at radius 3 is 2.78 bits per heavy atom. The Morgan fingerprint density at radius 2 is 2.11 bits per heavy atom. The molecule has 0 saturated carbocycles. The topological polar surface area (TPSA) is 127 Å². The van der Waals surface area contributed by atoms with Gasteiger partial charge in [0.2, 0.25) is 0 Å². The molecule has 0 bridgehead atoms. The number of carboxylic acid groups (broad SMARTS) is 1. The molecule has 1 amide bonds. The number of fused-ring (bicyclic) bond motifs is 2. The van der Waals surface area contributed by atoms with Gasteiger partial charge in [0, 0.05) is 23.7 Å². The predicted octanol–water partition coefficient (Wildman–Crippen LogP) is 3.91. The molecule has 192 valence electrons. The first-order valence-corrected chi connectivity index (χ1v) is 11.3. The van der Waals surface area contributed by atoms with Crippen LogP contribution in [0.5, 0.6) is 5.75 Å². The van der Waals surface area contributed by atoms with Gasteiger partial charge in [0.25, 0.3) is 0 Å². The third-order valence-corrected chi connectivity index (χ3v) is 5.62. The molecule has 12 heteroatoms. The van der Waals surface area contributed by atoms with Crippen LogP contribution in [0.25, 0.3) is 5.65 Å². The number of amides is 1. The van der Waals surface area contributed by atoms with Gasteiger partial charge in [-0.2, -0.15) is 5.10 Å². The summed E-state index contributed by atoms with van der Waals surface area (Å²) in [6.07, 6.45) is 2.09. The lowest BCUT2D eigenvalue weighted by atomic mass is 9.96. The number of hydrogen-bond donors (Lipinski definition) is 3. The molecule has 3 heterocycles. The van der Waals surface area contributed by atoms with Gasteiger partial charge < -0.3 is 25.2 Å². The molecule has 1 unspecified atom stereocenters. The van der Waals surface area contributed by atoms with E-state index in [1.807, 2.05) is 0 Å². The van der Waals surface area contributed by atoms with E-state index in [-0.39, 0.29) is 24.2 Å². The lowest BCUT2D eigenvalue weighted by molar-refractivity contribution is 0.0352. The van der Waals surface area contributed by atoms with Crippen molar-refractivity contribution < 1.29 is 33.0 Å². The summed E-state index contributed by atoms with van der Waals surface area (Å²) in [6, 6.07) is 3.62. The highest BCUT2D eigenvalue weighted by molar-refractivity contribution is 5.94. The van der Waals surface area contributed by atoms with Crippen molar-refractivity contribution >= 4 is 23.5 Å². The number of hydrogen-bond acceptors (Lipinski definition) is 7. The average molecular weight is 504 g/mol. The Balaban J connectivity index is 1.56. The maximum atomic E-state index is 14.5. The number of carbonyl (C=O) groups excluding carboxylic acids is 1. The van der Waals surface area contributed by atoms with Gasteiger partial charge >= 0.3 is 12.1 Å². The monoisotopic (exact) mass is 503 g/mol. The molecule has 0 aliphatic carbocycles. The zero-order valence-corrected chi connectivity index (χ0v) is 20.3. The normalized spacial score (nSPS) is 17.8. The highest BCUT2D eigenvalue weighted by Crippen LogP contribution is 2.42. The number of alkyl halides is 1. The summed E-state index contributed by atoms with van der Waals surface area (Å²) >= 11 is 0. The van der Waals surface area contributed by atoms with E-state index in [9.17, 15) is 23.5 Å². The van der Waals surface area contributed by atoms with Crippen LogP contribution in [-0.2, 0) is 11.2 Å². The Bertz CT molecular complexity index is 1320. The molecule has 3 aromatic rings. The van der Waals surface area contributed by atoms with Crippen LogP contribution in [-0.4, -0.2) is 56.2 Å². The lowest BCUT2D eigenvalue weighted by Gasteiger charge is -2.28. The summed E-state index contributed by atoms with van der Waals surface area (Å²) in [7, 11) is 0. The molecule has 0 fully saturated rings. The minimum Gasteiger partial charge on any atom is -0.482 e. The van der Waals surface area contributed by atoms with Gasteiger partial charge in [-0.3, -0.25) is 0 Å². The molecule has 0 spiro atoms. The van der Waals surface area contributed by atoms with Crippen LogP contribution < -0.4 is 15.4 Å². The van der Waals surface area contributed by atoms with Crippen LogP contribution in [0.15, 0.2) is 30.6 Å². The van der Waals surface area contributed by atoms with Crippen LogP contribution in [0, 0.1) is 5.82 Å². The fourth-order valence-electron chi connectivity index (χ4n) is 4.02. The number of aromatic nitrogens is 3. The van der Waals surface area contributed by atoms with Gasteiger partial charge in [-0.1, -0.05) is 0 Å². The lowest BCUT2D eigenvalue weighted by Crippen LogP contribution is -2.49. The second-order valence-electron chi connectivity index (χ2n) is 9.74. The summed E-state index contributed by atoms with van der Waals surface area (Å²) in [5, 5.41) is 18.9. The maximum absolute atomic E-state index is 14.5. The van der Waals surface area contributed by atoms with Crippen LogP contribution in [0.1, 0.15) is 55.2 Å². The van der Waals surface area contributed by atoms with Gasteiger partial charge in [-0.15, -0.1) is 0 Å². The largest absolute Gasteiger partial charge is 0.482 e. The maximum Gasteiger partial charge on any atom is 0.407 e. The van der Waals surface area contributed by atoms with Gasteiger partial charge in [0.1, 0.15) is 35.2 Å². The Hall–Kier alpha value is -3.96. The average Bonchev–Trinajstić information content (AvgIpc) is 3.37. The number of alkyl carbamates (subject to hydrolysis) is 1. The summed E-state index contributed by atoms with van der Waals surface area (Å²) < 4.78 is 41.3. The van der Waals surface area contributed by atoms with Gasteiger partial charge in [0.15, 0.2) is 11.2 Å². The molecule has 36 heavy (non-hydrogen) atoms. The van der Waals surface area contributed by atoms with Crippen molar-refractivity contribution in [3.63, 3.8) is 0 Å². The molecule has 2 aromatic heterocycles. The number of ether oxygens (including phenoxy) is 2. The second kappa shape index (κ2) is 9.25. The number of anilines is 1. The molecule has 10 nitrogen and oxygen atoms in total. The standard InChI is InChI=1S/C24H27F2N5O5/c1-13(29-18-5-6-31-20(30-18)17(10-28-31)21(32)33)16-8-15(26)7-14-9-24(11-25,35-19(14)16)12-27-22(34)36-23(2,3)4/h5-8,10,13H,9,11-12H2,1-4H3,(H,27,34)(H,29,30)(H,32,33)/t13-,24?/m1/s1. The molecule has 1 aliphatic rings. The smallest absolute Gasteiger partial charge is 0.407 e. The van der Waals surface area contributed by atoms with Crippen molar-refractivity contribution in [3.05, 3.63) is 53.1 Å². The minimum absolute atomic E-state index is 0.0497. The third kappa shape index (κ3) is 5.16. The molecular weight excluding hydrogens is 476 g/mol. The highest BCUT2D eigenvalue weighted by Gasteiger charge is 2.42. The fraction of sp³-hybridized carbons (Fsp3) is 0.417. The fourth-order valence-corrected chi connectivity index (χ4v) is 4.02. The number of carboxylic acids is 1. The first-order valence-electron chi connectivity index (χ1n) is 11.3. The first-order chi connectivity index (χ1) is 16.9. The number of nitrogens with one attached hydrogen (secondary N) is 2. The number of benzene rings is 1. The van der Waals surface area contributed by atoms with E-state index in [2.05, 4.69) is 20.7 Å². The van der Waals surface area contributed by atoms with Crippen LogP contribution in [0.3, 0.4) is 0 Å². The van der Waals surface area contributed by atoms with E-state index in [0.29, 0.717) is 22.7 Å². The zero-order valence-electron chi connectivity index (χ0n) is 20.3. The third-order valence-electron chi connectivity index (χ3n) is 5.62. The van der Waals surface area contributed by atoms with E-state index < -0.39 is 41.8 Å². The number of aromatic carboxylic acids is 1. The molecular formula is C24H27F2N5O5. The van der Waals surface area contributed by atoms with Crippen molar-refractivity contribution in [2.45, 2.75) is 51.4 Å².